The van der Waals surface area contributed by atoms with Gasteiger partial charge in [0.05, 0.1) is 0 Å². The lowest BCUT2D eigenvalue weighted by Gasteiger charge is -2.11. The first-order valence-electron chi connectivity index (χ1n) is 4.52. The number of phenols is 2. The molecule has 4 nitrogen and oxygen atoms in total. The third kappa shape index (κ3) is 1.29. The maximum absolute atomic E-state index is 9.84. The summed E-state index contributed by atoms with van der Waals surface area (Å²) in [6, 6.07) is 1.33. The minimum Gasteiger partial charge on any atom is -0.508 e. The van der Waals surface area contributed by atoms with E-state index in [1.807, 2.05) is 0 Å². The molecule has 0 unspecified atom stereocenters. The molecule has 74 valence electrons. The van der Waals surface area contributed by atoms with Crippen LogP contribution in [0.25, 0.3) is 10.8 Å². The van der Waals surface area contributed by atoms with Gasteiger partial charge in [0.2, 0.25) is 5.88 Å². The molecule has 0 saturated heterocycles. The lowest BCUT2D eigenvalue weighted by Crippen LogP contribution is -2.26. The van der Waals surface area contributed by atoms with Crippen molar-refractivity contribution in [3.8, 4) is 17.4 Å². The number of benzene rings is 1. The average Bonchev–Trinajstić information content (AvgIpc) is 2.23. The molecule has 0 saturated carbocycles. The number of fused-ring (bicyclic) bond motifs is 1. The quantitative estimate of drug-likeness (QED) is 0.336. The highest BCUT2D eigenvalue weighted by Gasteiger charge is 2.13. The normalized spacial score (nSPS) is 10.7. The topological polar surface area (TPSA) is 73.6 Å². The van der Waals surface area contributed by atoms with Crippen LogP contribution in [-0.4, -0.2) is 36.0 Å². The van der Waals surface area contributed by atoms with Crippen LogP contribution >= 0.6 is 0 Å². The summed E-state index contributed by atoms with van der Waals surface area (Å²) in [5, 5.41) is 29.7. The molecule has 6 heteroatoms. The van der Waals surface area contributed by atoms with Gasteiger partial charge in [-0.05, 0) is 5.46 Å². The Kier molecular flexibility index (Phi) is 2.00. The highest BCUT2D eigenvalue weighted by molar-refractivity contribution is 6.52. The van der Waals surface area contributed by atoms with E-state index in [9.17, 15) is 15.3 Å². The molecule has 3 N–H and O–H groups in total. The van der Waals surface area contributed by atoms with Crippen molar-refractivity contribution in [3.63, 3.8) is 0 Å². The number of aromatic hydroxyl groups is 3. The van der Waals surface area contributed by atoms with Gasteiger partial charge in [-0.15, -0.1) is 0 Å². The number of phenolic OH excluding ortho intramolecular Hbond substituents is 2. The molecule has 0 spiro atoms. The van der Waals surface area contributed by atoms with Gasteiger partial charge in [0.25, 0.3) is 0 Å². The second-order valence-electron chi connectivity index (χ2n) is 3.54. The summed E-state index contributed by atoms with van der Waals surface area (Å²) in [7, 11) is 3.43. The largest absolute Gasteiger partial charge is 0.508 e. The number of aromatic nitrogens is 1. The van der Waals surface area contributed by atoms with Crippen LogP contribution in [0.1, 0.15) is 0 Å². The summed E-state index contributed by atoms with van der Waals surface area (Å²) < 4.78 is 0. The summed E-state index contributed by atoms with van der Waals surface area (Å²) in [5.41, 5.74) is 1.22. The summed E-state index contributed by atoms with van der Waals surface area (Å²) in [6.07, 6.45) is 1.34. The molecular formula is C9H9B2NO3. The molecule has 0 fully saturated rings. The van der Waals surface area contributed by atoms with Crippen LogP contribution in [0.2, 0.25) is 0 Å². The van der Waals surface area contributed by atoms with Crippen molar-refractivity contribution in [3.05, 3.63) is 12.3 Å². The molecule has 0 atom stereocenters. The highest BCUT2D eigenvalue weighted by Crippen LogP contribution is 2.29. The van der Waals surface area contributed by atoms with E-state index in [-0.39, 0.29) is 17.4 Å². The van der Waals surface area contributed by atoms with Crippen molar-refractivity contribution in [1.29, 1.82) is 0 Å². The van der Waals surface area contributed by atoms with E-state index in [1.165, 1.54) is 12.3 Å². The predicted octanol–water partition coefficient (Wildman–Crippen LogP) is -2.13. The molecule has 0 aliphatic carbocycles. The Hall–Kier alpha value is -1.84. The van der Waals surface area contributed by atoms with Gasteiger partial charge in [-0.3, -0.25) is 0 Å². The lowest BCUT2D eigenvalue weighted by atomic mass is 9.77. The number of hydrogen-bond acceptors (Lipinski definition) is 4. The van der Waals surface area contributed by atoms with Crippen molar-refractivity contribution in [2.24, 2.45) is 0 Å². The zero-order valence-corrected chi connectivity index (χ0v) is 8.44. The summed E-state index contributed by atoms with van der Waals surface area (Å²) >= 11 is 0. The molecule has 0 aliphatic rings. The first kappa shape index (κ1) is 9.70. The minimum absolute atomic E-state index is 0.0676. The van der Waals surface area contributed by atoms with Crippen LogP contribution in [0, 0.1) is 0 Å². The fourth-order valence-corrected chi connectivity index (χ4v) is 1.59. The summed E-state index contributed by atoms with van der Waals surface area (Å²) in [6.45, 7) is 0. The van der Waals surface area contributed by atoms with Gasteiger partial charge in [0.1, 0.15) is 27.2 Å². The Morgan fingerprint density at radius 2 is 1.47 bits per heavy atom. The number of nitrogens with zero attached hydrogens (tertiary/aromatic N) is 1. The maximum Gasteiger partial charge on any atom is 0.211 e. The van der Waals surface area contributed by atoms with Gasteiger partial charge in [0, 0.05) is 23.0 Å². The zero-order valence-electron chi connectivity index (χ0n) is 8.44. The minimum atomic E-state index is -0.180. The highest BCUT2D eigenvalue weighted by atomic mass is 16.3. The molecule has 1 aromatic carbocycles. The molecule has 1 aromatic heterocycles. The van der Waals surface area contributed by atoms with E-state index in [1.54, 1.807) is 15.7 Å². The zero-order chi connectivity index (χ0) is 11.2. The van der Waals surface area contributed by atoms with Gasteiger partial charge < -0.3 is 15.3 Å². The van der Waals surface area contributed by atoms with Gasteiger partial charge in [-0.1, -0.05) is 5.46 Å². The third-order valence-corrected chi connectivity index (χ3v) is 2.67. The smallest absolute Gasteiger partial charge is 0.211 e. The second-order valence-corrected chi connectivity index (χ2v) is 3.54. The molecule has 0 amide bonds. The van der Waals surface area contributed by atoms with E-state index in [0.717, 1.165) is 0 Å². The van der Waals surface area contributed by atoms with Crippen molar-refractivity contribution >= 4 is 37.4 Å². The Bertz CT molecular complexity index is 557. The monoisotopic (exact) mass is 201 g/mol. The van der Waals surface area contributed by atoms with Gasteiger partial charge in [0.15, 0.2) is 0 Å². The molecule has 1 heterocycles. The van der Waals surface area contributed by atoms with Crippen molar-refractivity contribution in [2.45, 2.75) is 0 Å². The fraction of sp³-hybridized carbons (Fsp3) is 0. The van der Waals surface area contributed by atoms with Crippen LogP contribution in [0.15, 0.2) is 12.3 Å². The Labute approximate surface area is 88.0 Å². The van der Waals surface area contributed by atoms with Crippen LogP contribution in [-0.2, 0) is 0 Å². The van der Waals surface area contributed by atoms with Crippen molar-refractivity contribution in [1.82, 2.24) is 4.98 Å². The number of hydrogen-bond donors (Lipinski definition) is 3. The van der Waals surface area contributed by atoms with Crippen LogP contribution < -0.4 is 10.9 Å². The van der Waals surface area contributed by atoms with Crippen molar-refractivity contribution in [2.75, 3.05) is 0 Å². The summed E-state index contributed by atoms with van der Waals surface area (Å²) in [5.74, 6) is -0.0220. The van der Waals surface area contributed by atoms with Gasteiger partial charge in [-0.25, -0.2) is 4.98 Å². The predicted molar refractivity (Wildman–Crippen MR) is 63.1 cm³/mol. The van der Waals surface area contributed by atoms with E-state index < -0.39 is 0 Å². The van der Waals surface area contributed by atoms with E-state index >= 15 is 0 Å². The summed E-state index contributed by atoms with van der Waals surface area (Å²) in [4.78, 5) is 3.66. The fourth-order valence-electron chi connectivity index (χ4n) is 1.59. The van der Waals surface area contributed by atoms with Gasteiger partial charge >= 0.3 is 0 Å². The molecule has 15 heavy (non-hydrogen) atoms. The third-order valence-electron chi connectivity index (χ3n) is 2.67. The standard InChI is InChI=1S/C9H9B2NO3/c10-6-7(11)9(15)4-2-12-5(13)1-3(4)8(6)14/h1-2,14-15H,10-11H2,(H,12,13). The van der Waals surface area contributed by atoms with E-state index in [0.29, 0.717) is 21.7 Å². The van der Waals surface area contributed by atoms with Gasteiger partial charge in [-0.2, -0.15) is 0 Å². The Morgan fingerprint density at radius 3 is 2.07 bits per heavy atom. The Morgan fingerprint density at radius 1 is 0.933 bits per heavy atom. The number of pyridine rings is 1. The average molecular weight is 201 g/mol. The molecule has 0 aliphatic heterocycles. The van der Waals surface area contributed by atoms with Crippen LogP contribution in [0.4, 0.5) is 0 Å². The molecule has 0 radical (unpaired) electrons. The van der Waals surface area contributed by atoms with Crippen LogP contribution in [0.3, 0.4) is 0 Å². The number of rotatable bonds is 0. The van der Waals surface area contributed by atoms with Crippen molar-refractivity contribution < 1.29 is 15.3 Å². The van der Waals surface area contributed by atoms with E-state index in [4.69, 9.17) is 0 Å². The maximum atomic E-state index is 9.84. The molecule has 2 rings (SSSR count). The SMILES string of the molecule is Bc1c(B)c(O)c2cc(O)ncc2c1O. The first-order valence-corrected chi connectivity index (χ1v) is 4.52. The van der Waals surface area contributed by atoms with E-state index in [2.05, 4.69) is 4.98 Å². The Balaban J connectivity index is 3.00. The molecular weight excluding hydrogens is 192 g/mol. The molecule has 0 bridgehead atoms. The van der Waals surface area contributed by atoms with Crippen LogP contribution in [0.5, 0.6) is 17.4 Å². The lowest BCUT2D eigenvalue weighted by molar-refractivity contribution is 0.452. The second kappa shape index (κ2) is 3.08. The molecule has 2 aromatic rings. The first-order chi connectivity index (χ1) is 7.02.